The Labute approximate surface area is 188 Å². The first-order valence-electron chi connectivity index (χ1n) is 11.0. The highest BCUT2D eigenvalue weighted by Crippen LogP contribution is 2.46. The molecule has 0 radical (unpaired) electrons. The van der Waals surface area contributed by atoms with Crippen LogP contribution >= 0.6 is 0 Å². The molecule has 1 spiro atoms. The second kappa shape index (κ2) is 8.66. The minimum absolute atomic E-state index is 0.00245. The molecule has 2 aliphatic rings. The van der Waals surface area contributed by atoms with Gasteiger partial charge in [0.05, 0.1) is 0 Å². The number of benzene rings is 1. The van der Waals surface area contributed by atoms with E-state index in [4.69, 9.17) is 0 Å². The Morgan fingerprint density at radius 1 is 1.09 bits per heavy atom. The van der Waals surface area contributed by atoms with Crippen molar-refractivity contribution in [3.8, 4) is 11.8 Å². The Bertz CT molecular complexity index is 1090. The summed E-state index contributed by atoms with van der Waals surface area (Å²) in [5.41, 5.74) is 3.65. The van der Waals surface area contributed by atoms with E-state index in [2.05, 4.69) is 21.8 Å². The number of hydrogen-bond acceptors (Lipinski definition) is 5. The van der Waals surface area contributed by atoms with Crippen LogP contribution in [0.2, 0.25) is 0 Å². The topological polar surface area (TPSA) is 80.2 Å². The number of ketones is 2. The first-order chi connectivity index (χ1) is 15.3. The van der Waals surface area contributed by atoms with Crippen LogP contribution in [0.1, 0.15) is 71.3 Å². The summed E-state index contributed by atoms with van der Waals surface area (Å²) >= 11 is 0. The highest BCUT2D eigenvalue weighted by Gasteiger charge is 2.47. The maximum Gasteiger partial charge on any atom is 0.272 e. The lowest BCUT2D eigenvalue weighted by Gasteiger charge is -2.44. The van der Waals surface area contributed by atoms with Crippen molar-refractivity contribution in [2.75, 3.05) is 13.1 Å². The molecule has 1 aliphatic heterocycles. The number of hydrogen-bond donors (Lipinski definition) is 0. The van der Waals surface area contributed by atoms with Gasteiger partial charge in [0.2, 0.25) is 0 Å². The molecule has 1 saturated heterocycles. The normalized spacial score (nSPS) is 18.4. The minimum Gasteiger partial charge on any atom is -0.337 e. The number of carbonyl (C=O) groups excluding carboxylic acids is 3. The average Bonchev–Trinajstić information content (AvgIpc) is 2.76. The van der Waals surface area contributed by atoms with Gasteiger partial charge in [0.25, 0.3) is 5.91 Å². The Hall–Kier alpha value is -3.33. The van der Waals surface area contributed by atoms with Crippen molar-refractivity contribution in [2.45, 2.75) is 52.4 Å². The molecule has 1 saturated carbocycles. The minimum atomic E-state index is -0.690. The molecule has 1 aromatic carbocycles. The molecule has 0 N–H and O–H groups in total. The molecule has 0 unspecified atom stereocenters. The van der Waals surface area contributed by atoms with Crippen LogP contribution in [0.5, 0.6) is 0 Å². The quantitative estimate of drug-likeness (QED) is 0.540. The zero-order valence-corrected chi connectivity index (χ0v) is 18.8. The van der Waals surface area contributed by atoms with E-state index in [1.54, 1.807) is 24.1 Å². The maximum absolute atomic E-state index is 13.3. The van der Waals surface area contributed by atoms with E-state index in [-0.39, 0.29) is 22.9 Å². The summed E-state index contributed by atoms with van der Waals surface area (Å²) < 4.78 is 0. The van der Waals surface area contributed by atoms with Gasteiger partial charge in [0.15, 0.2) is 0 Å². The predicted molar refractivity (Wildman–Crippen MR) is 120 cm³/mol. The van der Waals surface area contributed by atoms with Gasteiger partial charge in [-0.3, -0.25) is 14.4 Å². The third-order valence-corrected chi connectivity index (χ3v) is 6.81. The molecule has 0 atom stereocenters. The largest absolute Gasteiger partial charge is 0.337 e. The lowest BCUT2D eigenvalue weighted by Crippen LogP contribution is -2.48. The molecule has 2 aromatic rings. The van der Waals surface area contributed by atoms with Crippen LogP contribution in [-0.4, -0.2) is 45.4 Å². The summed E-state index contributed by atoms with van der Waals surface area (Å²) in [5.74, 6) is 5.13. The van der Waals surface area contributed by atoms with Gasteiger partial charge in [-0.2, -0.15) is 0 Å². The number of Topliss-reactive ketones (excluding diaryl/α,β-unsaturated/α-hetero) is 2. The standard InChI is InChI=1S/C26H27N3O3/c1-4-5-19-12-17(2)23(18(3)13-19)24-21(30)14-26(15-22(24)31)7-10-29(11-8-26)25(32)20-6-9-27-16-28-20/h6,9,12-13,16,24H,7-8,10-11,14-15H2,1-3H3. The van der Waals surface area contributed by atoms with Crippen LogP contribution in [0.25, 0.3) is 0 Å². The SMILES string of the molecule is CC#Cc1cc(C)c(C2C(=O)CC3(CCN(C(=O)c4ccncn4)CC3)CC2=O)c(C)c1. The van der Waals surface area contributed by atoms with Crippen LogP contribution < -0.4 is 0 Å². The van der Waals surface area contributed by atoms with Gasteiger partial charge in [-0.05, 0) is 73.9 Å². The van der Waals surface area contributed by atoms with Crippen LogP contribution in [-0.2, 0) is 9.59 Å². The smallest absolute Gasteiger partial charge is 0.272 e. The Morgan fingerprint density at radius 3 is 2.25 bits per heavy atom. The number of piperidine rings is 1. The van der Waals surface area contributed by atoms with E-state index in [1.165, 1.54) is 6.33 Å². The number of likely N-dealkylation sites (tertiary alicyclic amines) is 1. The molecule has 164 valence electrons. The molecular weight excluding hydrogens is 402 g/mol. The predicted octanol–water partition coefficient (Wildman–Crippen LogP) is 3.40. The molecule has 6 heteroatoms. The van der Waals surface area contributed by atoms with Gasteiger partial charge < -0.3 is 4.90 Å². The van der Waals surface area contributed by atoms with E-state index in [9.17, 15) is 14.4 Å². The third-order valence-electron chi connectivity index (χ3n) is 6.81. The zero-order valence-electron chi connectivity index (χ0n) is 18.8. The number of rotatable bonds is 2. The average molecular weight is 430 g/mol. The monoisotopic (exact) mass is 429 g/mol. The van der Waals surface area contributed by atoms with Gasteiger partial charge in [-0.15, -0.1) is 5.92 Å². The van der Waals surface area contributed by atoms with Crippen LogP contribution in [0.15, 0.2) is 30.7 Å². The van der Waals surface area contributed by atoms with Crippen molar-refractivity contribution in [3.05, 3.63) is 58.7 Å². The Morgan fingerprint density at radius 2 is 1.72 bits per heavy atom. The van der Waals surface area contributed by atoms with Crippen molar-refractivity contribution < 1.29 is 14.4 Å². The maximum atomic E-state index is 13.3. The Balaban J connectivity index is 1.49. The molecule has 2 fully saturated rings. The number of amides is 1. The molecule has 0 bridgehead atoms. The van der Waals surface area contributed by atoms with E-state index >= 15 is 0 Å². The fourth-order valence-electron chi connectivity index (χ4n) is 5.27. The highest BCUT2D eigenvalue weighted by molar-refractivity contribution is 6.10. The summed E-state index contributed by atoms with van der Waals surface area (Å²) in [6.07, 6.45) is 4.98. The Kier molecular flexibility index (Phi) is 5.92. The second-order valence-electron chi connectivity index (χ2n) is 9.00. The number of carbonyl (C=O) groups is 3. The molecule has 2 heterocycles. The van der Waals surface area contributed by atoms with Crippen molar-refractivity contribution >= 4 is 17.5 Å². The summed E-state index contributed by atoms with van der Waals surface area (Å²) in [4.78, 5) is 48.9. The number of aryl methyl sites for hydroxylation is 2. The summed E-state index contributed by atoms with van der Waals surface area (Å²) in [7, 11) is 0. The summed E-state index contributed by atoms with van der Waals surface area (Å²) in [5, 5.41) is 0. The lowest BCUT2D eigenvalue weighted by atomic mass is 9.62. The van der Waals surface area contributed by atoms with Gasteiger partial charge in [-0.25, -0.2) is 9.97 Å². The third kappa shape index (κ3) is 4.08. The summed E-state index contributed by atoms with van der Waals surface area (Å²) in [6, 6.07) is 5.52. The van der Waals surface area contributed by atoms with Gasteiger partial charge >= 0.3 is 0 Å². The molecule has 1 aliphatic carbocycles. The highest BCUT2D eigenvalue weighted by atomic mass is 16.2. The first kappa shape index (κ1) is 21.9. The van der Waals surface area contributed by atoms with Crippen LogP contribution in [0, 0.1) is 31.1 Å². The van der Waals surface area contributed by atoms with Gasteiger partial charge in [-0.1, -0.05) is 5.92 Å². The number of aromatic nitrogens is 2. The van der Waals surface area contributed by atoms with E-state index in [0.717, 1.165) is 22.3 Å². The van der Waals surface area contributed by atoms with E-state index in [0.29, 0.717) is 44.5 Å². The second-order valence-corrected chi connectivity index (χ2v) is 9.00. The molecule has 1 amide bonds. The van der Waals surface area contributed by atoms with Crippen LogP contribution in [0.3, 0.4) is 0 Å². The first-order valence-corrected chi connectivity index (χ1v) is 11.0. The van der Waals surface area contributed by atoms with E-state index < -0.39 is 5.92 Å². The zero-order chi connectivity index (χ0) is 22.9. The fraction of sp³-hybridized carbons (Fsp3) is 0.423. The van der Waals surface area contributed by atoms with Crippen molar-refractivity contribution in [3.63, 3.8) is 0 Å². The fourth-order valence-corrected chi connectivity index (χ4v) is 5.27. The molecule has 1 aromatic heterocycles. The van der Waals surface area contributed by atoms with Gasteiger partial charge in [0.1, 0.15) is 29.5 Å². The number of nitrogens with zero attached hydrogens (tertiary/aromatic N) is 3. The molecule has 32 heavy (non-hydrogen) atoms. The van der Waals surface area contributed by atoms with Crippen molar-refractivity contribution in [1.82, 2.24) is 14.9 Å². The molecular formula is C26H27N3O3. The van der Waals surface area contributed by atoms with Gasteiger partial charge in [0, 0.05) is 37.7 Å². The lowest BCUT2D eigenvalue weighted by molar-refractivity contribution is -0.138. The summed E-state index contributed by atoms with van der Waals surface area (Å²) in [6.45, 7) is 6.74. The van der Waals surface area contributed by atoms with Crippen LogP contribution in [0.4, 0.5) is 0 Å². The van der Waals surface area contributed by atoms with Crippen molar-refractivity contribution in [1.29, 1.82) is 0 Å². The molecule has 4 rings (SSSR count). The molecule has 6 nitrogen and oxygen atoms in total. The van der Waals surface area contributed by atoms with Crippen molar-refractivity contribution in [2.24, 2.45) is 5.41 Å². The van der Waals surface area contributed by atoms with E-state index in [1.807, 2.05) is 26.0 Å².